The fourth-order valence-electron chi connectivity index (χ4n) is 1.49. The standard InChI is InChI=1S/C13H14N2O4S/c1-9-7-10(15-19-9)8-18-12(16)4-5-14-13(17)11-3-2-6-20-11/h2-3,6-7H,4-5,8H2,1H3,(H,14,17). The van der Waals surface area contributed by atoms with Crippen molar-refractivity contribution in [1.29, 1.82) is 0 Å². The average Bonchev–Trinajstić information content (AvgIpc) is 3.07. The molecule has 2 heterocycles. The average molecular weight is 294 g/mol. The molecular formula is C13H14N2O4S. The van der Waals surface area contributed by atoms with Gasteiger partial charge in [-0.15, -0.1) is 11.3 Å². The van der Waals surface area contributed by atoms with Crippen LogP contribution in [0.25, 0.3) is 0 Å². The molecule has 0 bridgehead atoms. The van der Waals surface area contributed by atoms with Crippen LogP contribution in [0.5, 0.6) is 0 Å². The van der Waals surface area contributed by atoms with Crippen LogP contribution >= 0.6 is 11.3 Å². The predicted octanol–water partition coefficient (Wildman–Crippen LogP) is 1.91. The number of aromatic nitrogens is 1. The Labute approximate surface area is 119 Å². The Kier molecular flexibility index (Phi) is 4.89. The van der Waals surface area contributed by atoms with E-state index in [2.05, 4.69) is 10.5 Å². The highest BCUT2D eigenvalue weighted by Crippen LogP contribution is 2.07. The van der Waals surface area contributed by atoms with Gasteiger partial charge in [0.15, 0.2) is 0 Å². The van der Waals surface area contributed by atoms with Crippen LogP contribution in [-0.4, -0.2) is 23.6 Å². The molecular weight excluding hydrogens is 280 g/mol. The summed E-state index contributed by atoms with van der Waals surface area (Å²) in [6.07, 6.45) is 0.119. The topological polar surface area (TPSA) is 81.4 Å². The minimum atomic E-state index is -0.392. The van der Waals surface area contributed by atoms with Gasteiger partial charge in [0.2, 0.25) is 0 Å². The van der Waals surface area contributed by atoms with Crippen LogP contribution < -0.4 is 5.32 Å². The van der Waals surface area contributed by atoms with Crippen molar-refractivity contribution in [3.63, 3.8) is 0 Å². The monoisotopic (exact) mass is 294 g/mol. The Balaban J connectivity index is 1.64. The molecule has 0 saturated heterocycles. The van der Waals surface area contributed by atoms with E-state index < -0.39 is 5.97 Å². The fraction of sp³-hybridized carbons (Fsp3) is 0.308. The molecule has 0 aliphatic heterocycles. The van der Waals surface area contributed by atoms with Gasteiger partial charge in [-0.3, -0.25) is 9.59 Å². The lowest BCUT2D eigenvalue weighted by molar-refractivity contribution is -0.144. The quantitative estimate of drug-likeness (QED) is 0.823. The molecule has 2 aromatic rings. The van der Waals surface area contributed by atoms with Crippen molar-refractivity contribution in [3.05, 3.63) is 39.9 Å². The maximum absolute atomic E-state index is 11.6. The number of nitrogens with zero attached hydrogens (tertiary/aromatic N) is 1. The summed E-state index contributed by atoms with van der Waals surface area (Å²) in [6.45, 7) is 2.08. The van der Waals surface area contributed by atoms with E-state index >= 15 is 0 Å². The summed E-state index contributed by atoms with van der Waals surface area (Å²) in [5.41, 5.74) is 0.568. The molecule has 0 aliphatic rings. The van der Waals surface area contributed by atoms with Gasteiger partial charge in [0.05, 0.1) is 11.3 Å². The molecule has 6 nitrogen and oxygen atoms in total. The van der Waals surface area contributed by atoms with E-state index in [1.54, 1.807) is 25.1 Å². The molecule has 1 N–H and O–H groups in total. The molecule has 0 aromatic carbocycles. The van der Waals surface area contributed by atoms with Gasteiger partial charge in [0, 0.05) is 12.6 Å². The van der Waals surface area contributed by atoms with E-state index in [0.717, 1.165) is 0 Å². The number of ether oxygens (including phenoxy) is 1. The summed E-state index contributed by atoms with van der Waals surface area (Å²) in [7, 11) is 0. The number of aryl methyl sites for hydroxylation is 1. The molecule has 20 heavy (non-hydrogen) atoms. The Bertz CT molecular complexity index is 577. The van der Waals surface area contributed by atoms with Gasteiger partial charge in [-0.05, 0) is 18.4 Å². The Morgan fingerprint density at radius 1 is 1.50 bits per heavy atom. The number of thiophene rings is 1. The molecule has 2 rings (SSSR count). The second-order valence-electron chi connectivity index (χ2n) is 4.07. The third-order valence-corrected chi connectivity index (χ3v) is 3.29. The zero-order valence-corrected chi connectivity index (χ0v) is 11.7. The molecule has 1 amide bonds. The van der Waals surface area contributed by atoms with Crippen molar-refractivity contribution in [2.75, 3.05) is 6.54 Å². The van der Waals surface area contributed by atoms with Crippen LogP contribution in [-0.2, 0) is 16.1 Å². The summed E-state index contributed by atoms with van der Waals surface area (Å²) in [4.78, 5) is 23.7. The highest BCUT2D eigenvalue weighted by Gasteiger charge is 2.09. The summed E-state index contributed by atoms with van der Waals surface area (Å²) >= 11 is 1.35. The minimum absolute atomic E-state index is 0.0784. The van der Waals surface area contributed by atoms with Crippen LogP contribution in [0.2, 0.25) is 0 Å². The highest BCUT2D eigenvalue weighted by molar-refractivity contribution is 7.12. The van der Waals surface area contributed by atoms with Crippen LogP contribution in [0.3, 0.4) is 0 Å². The van der Waals surface area contributed by atoms with Gasteiger partial charge >= 0.3 is 5.97 Å². The predicted molar refractivity (Wildman–Crippen MR) is 72.3 cm³/mol. The first-order chi connectivity index (χ1) is 9.65. The zero-order valence-electron chi connectivity index (χ0n) is 10.9. The molecule has 0 unspecified atom stereocenters. The van der Waals surface area contributed by atoms with Gasteiger partial charge in [-0.2, -0.15) is 0 Å². The third kappa shape index (κ3) is 4.20. The van der Waals surface area contributed by atoms with Crippen LogP contribution in [0.15, 0.2) is 28.1 Å². The third-order valence-electron chi connectivity index (χ3n) is 2.42. The number of carbonyl (C=O) groups is 2. The van der Waals surface area contributed by atoms with Gasteiger partial charge in [0.25, 0.3) is 5.91 Å². The van der Waals surface area contributed by atoms with Crippen LogP contribution in [0, 0.1) is 6.92 Å². The zero-order chi connectivity index (χ0) is 14.4. The number of carbonyl (C=O) groups excluding carboxylic acids is 2. The van der Waals surface area contributed by atoms with Gasteiger partial charge in [-0.25, -0.2) is 0 Å². The van der Waals surface area contributed by atoms with Crippen molar-refractivity contribution in [1.82, 2.24) is 10.5 Å². The lowest BCUT2D eigenvalue weighted by Gasteiger charge is -2.04. The number of hydrogen-bond donors (Lipinski definition) is 1. The molecule has 0 radical (unpaired) electrons. The molecule has 0 aliphatic carbocycles. The normalized spacial score (nSPS) is 10.2. The lowest BCUT2D eigenvalue weighted by Crippen LogP contribution is -2.25. The fourth-order valence-corrected chi connectivity index (χ4v) is 2.13. The Hall–Kier alpha value is -2.15. The van der Waals surface area contributed by atoms with Crippen molar-refractivity contribution < 1.29 is 18.8 Å². The Morgan fingerprint density at radius 3 is 3.00 bits per heavy atom. The summed E-state index contributed by atoms with van der Waals surface area (Å²) in [5, 5.41) is 8.19. The first-order valence-electron chi connectivity index (χ1n) is 6.04. The maximum Gasteiger partial charge on any atom is 0.307 e. The highest BCUT2D eigenvalue weighted by atomic mass is 32.1. The van der Waals surface area contributed by atoms with E-state index in [4.69, 9.17) is 9.26 Å². The van der Waals surface area contributed by atoms with Gasteiger partial charge in [0.1, 0.15) is 18.1 Å². The van der Waals surface area contributed by atoms with Gasteiger partial charge in [-0.1, -0.05) is 11.2 Å². The number of amides is 1. The van der Waals surface area contributed by atoms with Crippen molar-refractivity contribution in [3.8, 4) is 0 Å². The molecule has 106 valence electrons. The number of nitrogens with one attached hydrogen (secondary N) is 1. The lowest BCUT2D eigenvalue weighted by atomic mass is 10.4. The van der Waals surface area contributed by atoms with Crippen molar-refractivity contribution in [2.45, 2.75) is 20.0 Å². The number of hydrogen-bond acceptors (Lipinski definition) is 6. The second-order valence-corrected chi connectivity index (χ2v) is 5.02. The molecule has 0 atom stereocenters. The van der Waals surface area contributed by atoms with E-state index in [1.165, 1.54) is 11.3 Å². The summed E-state index contributed by atoms with van der Waals surface area (Å²) in [6, 6.07) is 5.23. The largest absolute Gasteiger partial charge is 0.459 e. The van der Waals surface area contributed by atoms with Crippen LogP contribution in [0.1, 0.15) is 27.5 Å². The van der Waals surface area contributed by atoms with E-state index in [9.17, 15) is 9.59 Å². The molecule has 0 fully saturated rings. The van der Waals surface area contributed by atoms with Gasteiger partial charge < -0.3 is 14.6 Å². The number of esters is 1. The summed E-state index contributed by atoms with van der Waals surface area (Å²) < 4.78 is 9.86. The molecule has 0 spiro atoms. The SMILES string of the molecule is Cc1cc(COC(=O)CCNC(=O)c2cccs2)no1. The Morgan fingerprint density at radius 2 is 2.35 bits per heavy atom. The minimum Gasteiger partial charge on any atom is -0.459 e. The van der Waals surface area contributed by atoms with Crippen molar-refractivity contribution in [2.24, 2.45) is 0 Å². The van der Waals surface area contributed by atoms with Crippen molar-refractivity contribution >= 4 is 23.2 Å². The molecule has 7 heteroatoms. The second kappa shape index (κ2) is 6.85. The van der Waals surface area contributed by atoms with E-state index in [-0.39, 0.29) is 25.5 Å². The summed E-state index contributed by atoms with van der Waals surface area (Å²) in [5.74, 6) is 0.0938. The van der Waals surface area contributed by atoms with E-state index in [1.807, 2.05) is 5.38 Å². The molecule has 2 aromatic heterocycles. The maximum atomic E-state index is 11.6. The number of rotatable bonds is 6. The first-order valence-corrected chi connectivity index (χ1v) is 6.92. The van der Waals surface area contributed by atoms with Crippen LogP contribution in [0.4, 0.5) is 0 Å². The first kappa shape index (κ1) is 14.3. The molecule has 0 saturated carbocycles. The van der Waals surface area contributed by atoms with E-state index in [0.29, 0.717) is 16.3 Å². The smallest absolute Gasteiger partial charge is 0.307 e.